The van der Waals surface area contributed by atoms with Crippen LogP contribution in [0.2, 0.25) is 0 Å². The van der Waals surface area contributed by atoms with Gasteiger partial charge in [-0.25, -0.2) is 4.98 Å². The molecule has 1 fully saturated rings. The quantitative estimate of drug-likeness (QED) is 0.557. The number of aryl methyl sites for hydroxylation is 1. The number of nitrogens with zero attached hydrogens (tertiary/aromatic N) is 3. The van der Waals surface area contributed by atoms with E-state index in [1.54, 1.807) is 0 Å². The predicted octanol–water partition coefficient (Wildman–Crippen LogP) is 4.33. The molecule has 1 unspecified atom stereocenters. The maximum absolute atomic E-state index is 12.9. The summed E-state index contributed by atoms with van der Waals surface area (Å²) in [5, 5.41) is 3.15. The Kier molecular flexibility index (Phi) is 4.87. The summed E-state index contributed by atoms with van der Waals surface area (Å²) in [6.45, 7) is 4.29. The number of carbonyl (C=O) groups is 1. The van der Waals surface area contributed by atoms with E-state index in [0.717, 1.165) is 41.8 Å². The molecule has 0 saturated carbocycles. The van der Waals surface area contributed by atoms with Gasteiger partial charge in [0.15, 0.2) is 5.82 Å². The molecule has 0 radical (unpaired) electrons. The topological polar surface area (TPSA) is 49.6 Å². The Labute approximate surface area is 176 Å². The van der Waals surface area contributed by atoms with Gasteiger partial charge in [-0.15, -0.1) is 0 Å². The van der Waals surface area contributed by atoms with E-state index in [4.69, 9.17) is 4.98 Å². The van der Waals surface area contributed by atoms with E-state index in [2.05, 4.69) is 64.1 Å². The Balaban J connectivity index is 1.37. The van der Waals surface area contributed by atoms with Crippen LogP contribution >= 0.6 is 0 Å². The van der Waals surface area contributed by atoms with Gasteiger partial charge in [-0.1, -0.05) is 36.4 Å². The summed E-state index contributed by atoms with van der Waals surface area (Å²) >= 11 is 0. The number of aromatic nitrogens is 2. The minimum atomic E-state index is -0.0222. The lowest BCUT2D eigenvalue weighted by Crippen LogP contribution is -2.43. The molecule has 1 saturated heterocycles. The van der Waals surface area contributed by atoms with Crippen LogP contribution in [-0.2, 0) is 11.3 Å². The molecule has 0 spiro atoms. The number of fused-ring (bicyclic) bond motifs is 3. The zero-order chi connectivity index (χ0) is 20.5. The molecule has 1 N–H and O–H groups in total. The highest BCUT2D eigenvalue weighted by Gasteiger charge is 2.27. The summed E-state index contributed by atoms with van der Waals surface area (Å²) in [7, 11) is 0. The van der Waals surface area contributed by atoms with E-state index < -0.39 is 0 Å². The van der Waals surface area contributed by atoms with Crippen LogP contribution in [0.25, 0.3) is 16.6 Å². The molecule has 3 heterocycles. The number of nitrogens with one attached hydrogen (secondary N) is 1. The fourth-order valence-corrected chi connectivity index (χ4v) is 4.46. The summed E-state index contributed by atoms with van der Waals surface area (Å²) in [5.74, 6) is 1.08. The molecule has 1 atom stereocenters. The maximum Gasteiger partial charge on any atom is 0.225 e. The molecule has 2 aromatic carbocycles. The van der Waals surface area contributed by atoms with E-state index in [9.17, 15) is 4.79 Å². The minimum Gasteiger partial charge on any atom is -0.354 e. The van der Waals surface area contributed by atoms with Crippen LogP contribution < -0.4 is 10.2 Å². The first-order valence-electron chi connectivity index (χ1n) is 10.6. The first-order chi connectivity index (χ1) is 14.7. The number of para-hydroxylation sites is 2. The number of hydrogen-bond acceptors (Lipinski definition) is 3. The van der Waals surface area contributed by atoms with Crippen LogP contribution in [0.1, 0.15) is 24.0 Å². The summed E-state index contributed by atoms with van der Waals surface area (Å²) in [6, 6.07) is 20.6. The Morgan fingerprint density at radius 2 is 1.87 bits per heavy atom. The first kappa shape index (κ1) is 18.7. The monoisotopic (exact) mass is 398 g/mol. The Hall–Kier alpha value is -3.34. The van der Waals surface area contributed by atoms with Crippen LogP contribution in [0.4, 0.5) is 5.82 Å². The third-order valence-electron chi connectivity index (χ3n) is 6.15. The number of rotatable bonds is 4. The number of anilines is 1. The van der Waals surface area contributed by atoms with Gasteiger partial charge in [0.05, 0.1) is 22.5 Å². The smallest absolute Gasteiger partial charge is 0.225 e. The van der Waals surface area contributed by atoms with Crippen molar-refractivity contribution in [3.05, 3.63) is 78.0 Å². The third-order valence-corrected chi connectivity index (χ3v) is 6.15. The van der Waals surface area contributed by atoms with Crippen LogP contribution in [0, 0.1) is 12.8 Å². The lowest BCUT2D eigenvalue weighted by Gasteiger charge is -2.33. The zero-order valence-electron chi connectivity index (χ0n) is 17.2. The van der Waals surface area contributed by atoms with Gasteiger partial charge in [0.1, 0.15) is 0 Å². The molecule has 30 heavy (non-hydrogen) atoms. The molecule has 2 aromatic heterocycles. The van der Waals surface area contributed by atoms with Crippen LogP contribution in [0.15, 0.2) is 66.9 Å². The zero-order valence-corrected chi connectivity index (χ0v) is 17.2. The molecule has 5 nitrogen and oxygen atoms in total. The highest BCUT2D eigenvalue weighted by molar-refractivity contribution is 5.86. The van der Waals surface area contributed by atoms with Crippen molar-refractivity contribution in [1.82, 2.24) is 14.7 Å². The summed E-state index contributed by atoms with van der Waals surface area (Å²) in [6.07, 6.45) is 3.99. The molecule has 1 amide bonds. The van der Waals surface area contributed by atoms with Gasteiger partial charge in [-0.05, 0) is 55.2 Å². The number of amides is 1. The third kappa shape index (κ3) is 3.41. The Bertz CT molecular complexity index is 1210. The molecule has 0 bridgehead atoms. The van der Waals surface area contributed by atoms with Crippen molar-refractivity contribution in [2.45, 2.75) is 26.3 Å². The molecule has 0 aliphatic carbocycles. The molecule has 5 rings (SSSR count). The normalized spacial score (nSPS) is 16.8. The second-order valence-corrected chi connectivity index (χ2v) is 8.12. The van der Waals surface area contributed by atoms with E-state index in [1.165, 1.54) is 11.1 Å². The first-order valence-corrected chi connectivity index (χ1v) is 10.6. The predicted molar refractivity (Wildman–Crippen MR) is 121 cm³/mol. The van der Waals surface area contributed by atoms with Crippen molar-refractivity contribution >= 4 is 28.3 Å². The van der Waals surface area contributed by atoms with Crippen molar-refractivity contribution in [3.8, 4) is 0 Å². The number of piperidine rings is 1. The van der Waals surface area contributed by atoms with Gasteiger partial charge in [-0.2, -0.15) is 0 Å². The second-order valence-electron chi connectivity index (χ2n) is 8.12. The molecule has 1 aliphatic heterocycles. The lowest BCUT2D eigenvalue weighted by atomic mass is 9.96. The average Bonchev–Trinajstić information content (AvgIpc) is 3.28. The van der Waals surface area contributed by atoms with E-state index >= 15 is 0 Å². The van der Waals surface area contributed by atoms with Gasteiger partial charge in [0.2, 0.25) is 5.91 Å². The van der Waals surface area contributed by atoms with E-state index in [-0.39, 0.29) is 11.8 Å². The van der Waals surface area contributed by atoms with Gasteiger partial charge >= 0.3 is 0 Å². The largest absolute Gasteiger partial charge is 0.354 e. The highest BCUT2D eigenvalue weighted by atomic mass is 16.1. The Morgan fingerprint density at radius 1 is 1.07 bits per heavy atom. The highest BCUT2D eigenvalue weighted by Crippen LogP contribution is 2.29. The van der Waals surface area contributed by atoms with Crippen molar-refractivity contribution in [1.29, 1.82) is 0 Å². The molecular formula is C25H26N4O. The van der Waals surface area contributed by atoms with E-state index in [1.807, 2.05) is 24.3 Å². The van der Waals surface area contributed by atoms with Crippen molar-refractivity contribution < 1.29 is 4.79 Å². The lowest BCUT2D eigenvalue weighted by molar-refractivity contribution is -0.125. The fraction of sp³-hybridized carbons (Fsp3) is 0.280. The van der Waals surface area contributed by atoms with Crippen molar-refractivity contribution in [3.63, 3.8) is 0 Å². The van der Waals surface area contributed by atoms with Gasteiger partial charge in [0.25, 0.3) is 0 Å². The summed E-state index contributed by atoms with van der Waals surface area (Å²) < 4.78 is 2.19. The Morgan fingerprint density at radius 3 is 2.77 bits per heavy atom. The molecule has 152 valence electrons. The number of carbonyl (C=O) groups excluding carboxylic acids is 1. The molecule has 5 heteroatoms. The van der Waals surface area contributed by atoms with E-state index in [0.29, 0.717) is 13.1 Å². The second kappa shape index (κ2) is 7.82. The number of hydrogen-bond donors (Lipinski definition) is 1. The molecule has 4 aromatic rings. The minimum absolute atomic E-state index is 0.0222. The van der Waals surface area contributed by atoms with Crippen molar-refractivity contribution in [2.75, 3.05) is 18.0 Å². The molecule has 1 aliphatic rings. The standard InChI is InChI=1S/C25H26N4O/c1-18-8-2-3-9-19(18)16-26-25(30)20-10-6-14-28(17-20)24-23-13-7-15-29(23)22-12-5-4-11-21(22)27-24/h2-5,7-9,11-13,15,20H,6,10,14,16-17H2,1H3,(H,26,30). The molecular weight excluding hydrogens is 372 g/mol. The number of benzene rings is 2. The summed E-state index contributed by atoms with van der Waals surface area (Å²) in [4.78, 5) is 20.2. The summed E-state index contributed by atoms with van der Waals surface area (Å²) in [5.41, 5.74) is 5.55. The fourth-order valence-electron chi connectivity index (χ4n) is 4.46. The van der Waals surface area contributed by atoms with Gasteiger partial charge in [-0.3, -0.25) is 4.79 Å². The maximum atomic E-state index is 12.9. The SMILES string of the molecule is Cc1ccccc1CNC(=O)C1CCCN(c2nc3ccccc3n3cccc23)C1. The van der Waals surface area contributed by atoms with Crippen LogP contribution in [0.5, 0.6) is 0 Å². The van der Waals surface area contributed by atoms with Crippen molar-refractivity contribution in [2.24, 2.45) is 5.92 Å². The average molecular weight is 399 g/mol. The van der Waals surface area contributed by atoms with Crippen LogP contribution in [0.3, 0.4) is 0 Å². The van der Waals surface area contributed by atoms with Gasteiger partial charge in [0, 0.05) is 25.8 Å². The van der Waals surface area contributed by atoms with Crippen LogP contribution in [-0.4, -0.2) is 28.4 Å². The van der Waals surface area contributed by atoms with Gasteiger partial charge < -0.3 is 14.6 Å².